The molecule has 22 heavy (non-hydrogen) atoms. The Morgan fingerprint density at radius 1 is 1.14 bits per heavy atom. The van der Waals surface area contributed by atoms with Crippen LogP contribution in [0.25, 0.3) is 0 Å². The number of thioether (sulfide) groups is 1. The molecule has 2 aromatic rings. The fourth-order valence-corrected chi connectivity index (χ4v) is 3.02. The molecule has 1 atom stereocenters. The van der Waals surface area contributed by atoms with Crippen LogP contribution in [0.15, 0.2) is 53.4 Å². The lowest BCUT2D eigenvalue weighted by atomic mass is 10.1. The number of aryl methyl sites for hydroxylation is 1. The van der Waals surface area contributed by atoms with Crippen molar-refractivity contribution in [3.63, 3.8) is 0 Å². The zero-order valence-electron chi connectivity index (χ0n) is 12.8. The number of amides is 1. The summed E-state index contributed by atoms with van der Waals surface area (Å²) in [6, 6.07) is 15.9. The standard InChI is InChI=1S/C18H20ClNOS/c1-13-3-9-17(10-4-13)22-14(2)18(21)20-12-11-15-5-7-16(19)8-6-15/h3-10,14H,11-12H2,1-2H3,(H,20,21)/t14-/m0/s1. The van der Waals surface area contributed by atoms with E-state index in [-0.39, 0.29) is 11.2 Å². The topological polar surface area (TPSA) is 29.1 Å². The van der Waals surface area contributed by atoms with E-state index >= 15 is 0 Å². The van der Waals surface area contributed by atoms with E-state index in [9.17, 15) is 4.79 Å². The maximum absolute atomic E-state index is 12.1. The van der Waals surface area contributed by atoms with E-state index in [1.54, 1.807) is 11.8 Å². The van der Waals surface area contributed by atoms with Crippen LogP contribution in [0.5, 0.6) is 0 Å². The predicted molar refractivity (Wildman–Crippen MR) is 94.7 cm³/mol. The minimum Gasteiger partial charge on any atom is -0.355 e. The van der Waals surface area contributed by atoms with Crippen LogP contribution < -0.4 is 5.32 Å². The molecule has 2 rings (SSSR count). The summed E-state index contributed by atoms with van der Waals surface area (Å²) in [5.74, 6) is 0.0690. The van der Waals surface area contributed by atoms with Gasteiger partial charge in [0, 0.05) is 16.5 Å². The molecular formula is C18H20ClNOS. The highest BCUT2D eigenvalue weighted by Gasteiger charge is 2.13. The van der Waals surface area contributed by atoms with Gasteiger partial charge in [0.25, 0.3) is 0 Å². The van der Waals surface area contributed by atoms with Crippen LogP contribution >= 0.6 is 23.4 Å². The van der Waals surface area contributed by atoms with Gasteiger partial charge in [-0.05, 0) is 50.1 Å². The molecule has 1 N–H and O–H groups in total. The number of nitrogens with one attached hydrogen (secondary N) is 1. The maximum Gasteiger partial charge on any atom is 0.233 e. The zero-order chi connectivity index (χ0) is 15.9. The van der Waals surface area contributed by atoms with Crippen LogP contribution in [-0.4, -0.2) is 17.7 Å². The van der Waals surface area contributed by atoms with Crippen LogP contribution in [0.4, 0.5) is 0 Å². The van der Waals surface area contributed by atoms with Gasteiger partial charge < -0.3 is 5.32 Å². The monoisotopic (exact) mass is 333 g/mol. The Labute approximate surface area is 141 Å². The van der Waals surface area contributed by atoms with Crippen LogP contribution in [-0.2, 0) is 11.2 Å². The first-order valence-electron chi connectivity index (χ1n) is 7.30. The molecule has 0 unspecified atom stereocenters. The van der Waals surface area contributed by atoms with E-state index in [0.717, 1.165) is 16.3 Å². The van der Waals surface area contributed by atoms with Crippen molar-refractivity contribution >= 4 is 29.3 Å². The summed E-state index contributed by atoms with van der Waals surface area (Å²) in [5, 5.41) is 3.61. The fourth-order valence-electron chi connectivity index (χ4n) is 2.00. The highest BCUT2D eigenvalue weighted by atomic mass is 35.5. The molecule has 0 saturated heterocycles. The minimum absolute atomic E-state index is 0.0690. The highest BCUT2D eigenvalue weighted by molar-refractivity contribution is 8.00. The average Bonchev–Trinajstić information content (AvgIpc) is 2.51. The predicted octanol–water partition coefficient (Wildman–Crippen LogP) is 4.49. The fraction of sp³-hybridized carbons (Fsp3) is 0.278. The van der Waals surface area contributed by atoms with Crippen molar-refractivity contribution in [3.05, 3.63) is 64.7 Å². The lowest BCUT2D eigenvalue weighted by molar-refractivity contribution is -0.120. The van der Waals surface area contributed by atoms with Gasteiger partial charge >= 0.3 is 0 Å². The molecule has 0 spiro atoms. The van der Waals surface area contributed by atoms with Crippen LogP contribution in [0.2, 0.25) is 5.02 Å². The van der Waals surface area contributed by atoms with E-state index in [1.165, 1.54) is 11.1 Å². The molecule has 0 aliphatic carbocycles. The summed E-state index contributed by atoms with van der Waals surface area (Å²) in [6.07, 6.45) is 0.810. The molecule has 0 fully saturated rings. The second-order valence-electron chi connectivity index (χ2n) is 5.24. The van der Waals surface area contributed by atoms with E-state index in [2.05, 4.69) is 36.5 Å². The van der Waals surface area contributed by atoms with Gasteiger partial charge in [0.2, 0.25) is 5.91 Å². The molecule has 2 nitrogen and oxygen atoms in total. The Balaban J connectivity index is 1.76. The third kappa shape index (κ3) is 5.39. The summed E-state index contributed by atoms with van der Waals surface area (Å²) in [7, 11) is 0. The Morgan fingerprint density at radius 3 is 2.41 bits per heavy atom. The molecule has 0 saturated carbocycles. The molecule has 1 amide bonds. The lowest BCUT2D eigenvalue weighted by Gasteiger charge is -2.12. The number of hydrogen-bond acceptors (Lipinski definition) is 2. The zero-order valence-corrected chi connectivity index (χ0v) is 14.4. The second kappa shape index (κ2) is 8.25. The van der Waals surface area contributed by atoms with Crippen molar-refractivity contribution in [2.45, 2.75) is 30.4 Å². The van der Waals surface area contributed by atoms with E-state index in [1.807, 2.05) is 31.2 Å². The molecule has 116 valence electrons. The highest BCUT2D eigenvalue weighted by Crippen LogP contribution is 2.23. The summed E-state index contributed by atoms with van der Waals surface area (Å²) in [4.78, 5) is 13.2. The van der Waals surface area contributed by atoms with Crippen molar-refractivity contribution in [2.24, 2.45) is 0 Å². The molecule has 0 radical (unpaired) electrons. The molecule has 0 aliphatic heterocycles. The lowest BCUT2D eigenvalue weighted by Crippen LogP contribution is -2.32. The van der Waals surface area contributed by atoms with Crippen molar-refractivity contribution in [2.75, 3.05) is 6.54 Å². The van der Waals surface area contributed by atoms with E-state index in [0.29, 0.717) is 6.54 Å². The van der Waals surface area contributed by atoms with Crippen molar-refractivity contribution in [1.29, 1.82) is 0 Å². The number of carbonyl (C=O) groups excluding carboxylic acids is 1. The van der Waals surface area contributed by atoms with Gasteiger partial charge in [-0.2, -0.15) is 0 Å². The first-order chi connectivity index (χ1) is 10.5. The summed E-state index contributed by atoms with van der Waals surface area (Å²) < 4.78 is 0. The maximum atomic E-state index is 12.1. The van der Waals surface area contributed by atoms with Crippen LogP contribution in [0.1, 0.15) is 18.1 Å². The van der Waals surface area contributed by atoms with Gasteiger partial charge in [-0.1, -0.05) is 41.4 Å². The third-order valence-corrected chi connectivity index (χ3v) is 4.69. The van der Waals surface area contributed by atoms with Crippen LogP contribution in [0.3, 0.4) is 0 Å². The Kier molecular flexibility index (Phi) is 6.34. The second-order valence-corrected chi connectivity index (χ2v) is 7.09. The largest absolute Gasteiger partial charge is 0.355 e. The normalized spacial score (nSPS) is 12.0. The Morgan fingerprint density at radius 2 is 1.77 bits per heavy atom. The van der Waals surface area contributed by atoms with Gasteiger partial charge in [-0.3, -0.25) is 4.79 Å². The Bertz CT molecular complexity index is 610. The van der Waals surface area contributed by atoms with Crippen LogP contribution in [0, 0.1) is 6.92 Å². The number of hydrogen-bond donors (Lipinski definition) is 1. The number of carbonyl (C=O) groups is 1. The molecule has 0 heterocycles. The summed E-state index contributed by atoms with van der Waals surface area (Å²) in [6.45, 7) is 4.63. The van der Waals surface area contributed by atoms with Crippen molar-refractivity contribution in [1.82, 2.24) is 5.32 Å². The SMILES string of the molecule is Cc1ccc(S[C@@H](C)C(=O)NCCc2ccc(Cl)cc2)cc1. The van der Waals surface area contributed by atoms with E-state index in [4.69, 9.17) is 11.6 Å². The minimum atomic E-state index is -0.104. The summed E-state index contributed by atoms with van der Waals surface area (Å²) in [5.41, 5.74) is 2.40. The average molecular weight is 334 g/mol. The number of benzene rings is 2. The Hall–Kier alpha value is -1.45. The molecule has 0 bridgehead atoms. The molecule has 2 aromatic carbocycles. The van der Waals surface area contributed by atoms with Gasteiger partial charge in [0.1, 0.15) is 0 Å². The molecule has 0 aromatic heterocycles. The van der Waals surface area contributed by atoms with Gasteiger partial charge in [0.15, 0.2) is 0 Å². The molecular weight excluding hydrogens is 314 g/mol. The van der Waals surface area contributed by atoms with Crippen molar-refractivity contribution in [3.8, 4) is 0 Å². The third-order valence-electron chi connectivity index (χ3n) is 3.33. The van der Waals surface area contributed by atoms with Gasteiger partial charge in [0.05, 0.1) is 5.25 Å². The summed E-state index contributed by atoms with van der Waals surface area (Å²) >= 11 is 7.43. The van der Waals surface area contributed by atoms with Gasteiger partial charge in [-0.25, -0.2) is 0 Å². The van der Waals surface area contributed by atoms with E-state index < -0.39 is 0 Å². The molecule has 4 heteroatoms. The quantitative estimate of drug-likeness (QED) is 0.789. The smallest absolute Gasteiger partial charge is 0.233 e. The van der Waals surface area contributed by atoms with Crippen molar-refractivity contribution < 1.29 is 4.79 Å². The first kappa shape index (κ1) is 16.9. The number of rotatable bonds is 6. The van der Waals surface area contributed by atoms with Gasteiger partial charge in [-0.15, -0.1) is 11.8 Å². The molecule has 0 aliphatic rings. The first-order valence-corrected chi connectivity index (χ1v) is 8.56. The number of halogens is 1.